The Labute approximate surface area is 609 Å². The van der Waals surface area contributed by atoms with E-state index in [9.17, 15) is 43.2 Å². The first-order valence-electron chi connectivity index (χ1n) is 40.2. The van der Waals surface area contributed by atoms with Crippen molar-refractivity contribution in [1.82, 2.24) is 0 Å². The van der Waals surface area contributed by atoms with E-state index in [0.717, 1.165) is 167 Å². The minimum atomic E-state index is -4.98. The molecule has 582 valence electrons. The molecule has 0 aromatic rings. The minimum Gasteiger partial charge on any atom is -0.462 e. The first-order valence-corrected chi connectivity index (χ1v) is 43.2. The first kappa shape index (κ1) is 96.5. The van der Waals surface area contributed by atoms with Crippen molar-refractivity contribution in [3.05, 3.63) is 72.9 Å². The monoisotopic (exact) mass is 1450 g/mol. The average Bonchev–Trinajstić information content (AvgIpc) is 0.985. The topological polar surface area (TPSA) is 237 Å². The summed E-state index contributed by atoms with van der Waals surface area (Å²) in [7, 11) is -9.95. The molecule has 0 aliphatic carbocycles. The maximum atomic E-state index is 13.1. The van der Waals surface area contributed by atoms with Crippen molar-refractivity contribution in [3.8, 4) is 0 Å². The molecule has 0 bridgehead atoms. The highest BCUT2D eigenvalue weighted by Crippen LogP contribution is 2.45. The van der Waals surface area contributed by atoms with Gasteiger partial charge in [0.1, 0.15) is 19.3 Å². The molecule has 0 aliphatic heterocycles. The molecule has 0 aromatic carbocycles. The van der Waals surface area contributed by atoms with Crippen LogP contribution in [0.1, 0.15) is 362 Å². The van der Waals surface area contributed by atoms with E-state index in [4.69, 9.17) is 37.0 Å². The molecule has 0 aliphatic rings. The van der Waals surface area contributed by atoms with Gasteiger partial charge >= 0.3 is 39.5 Å². The van der Waals surface area contributed by atoms with E-state index in [1.807, 2.05) is 0 Å². The quantitative estimate of drug-likeness (QED) is 0.0169. The van der Waals surface area contributed by atoms with Crippen LogP contribution < -0.4 is 0 Å². The van der Waals surface area contributed by atoms with Crippen molar-refractivity contribution in [2.45, 2.75) is 380 Å². The van der Waals surface area contributed by atoms with Crippen LogP contribution in [0.25, 0.3) is 0 Å². The second-order valence-corrected chi connectivity index (χ2v) is 29.9. The Bertz CT molecular complexity index is 2180. The zero-order valence-corrected chi connectivity index (χ0v) is 65.4. The van der Waals surface area contributed by atoms with Crippen LogP contribution in [0.2, 0.25) is 0 Å². The molecule has 0 rings (SSSR count). The Kier molecular flexibility index (Phi) is 71.2. The summed E-state index contributed by atoms with van der Waals surface area (Å²) in [5, 5.41) is 10.6. The van der Waals surface area contributed by atoms with E-state index in [2.05, 4.69) is 101 Å². The van der Waals surface area contributed by atoms with Crippen LogP contribution >= 0.6 is 15.6 Å². The van der Waals surface area contributed by atoms with E-state index in [-0.39, 0.29) is 25.7 Å². The summed E-state index contributed by atoms with van der Waals surface area (Å²) in [5.74, 6) is -2.19. The molecular formula is C81H146O17P2. The summed E-state index contributed by atoms with van der Waals surface area (Å²) in [6.07, 6.45) is 74.5. The predicted molar refractivity (Wildman–Crippen MR) is 409 cm³/mol. The average molecular weight is 1450 g/mol. The Morgan fingerprint density at radius 3 is 0.780 bits per heavy atom. The van der Waals surface area contributed by atoms with Gasteiger partial charge in [-0.2, -0.15) is 0 Å². The standard InChI is InChI=1S/C81H146O17P2/c1-5-9-13-17-21-25-29-32-35-36-37-38-41-43-47-50-54-58-62-66-79(84)92-72-77(98-81(86)68-64-60-56-52-48-44-40-34-31-27-23-19-15-11-7-3)74-96-100(89,90)94-70-75(82)69-93-99(87,88)95-73-76(97-80(85)67-63-59-55-51-45-28-24-20-16-12-8-4)71-91-78(83)65-61-57-53-49-46-42-39-33-30-26-22-18-14-10-6-2/h21-22,25-26,32-35,37-40,75-77,82H,5-20,23-24,27-31,36,41-74H2,1-4H3,(H,87,88)(H,89,90)/b25-21-,26-22-,35-32-,38-37-,39-33-,40-34-. The smallest absolute Gasteiger partial charge is 0.462 e. The number of esters is 4. The van der Waals surface area contributed by atoms with Crippen LogP contribution in [-0.2, 0) is 65.4 Å². The van der Waals surface area contributed by atoms with Crippen molar-refractivity contribution in [1.29, 1.82) is 0 Å². The summed E-state index contributed by atoms with van der Waals surface area (Å²) in [5.41, 5.74) is 0. The number of ether oxygens (including phenoxy) is 4. The largest absolute Gasteiger partial charge is 0.472 e. The number of aliphatic hydroxyl groups excluding tert-OH is 1. The number of hydrogen-bond donors (Lipinski definition) is 3. The van der Waals surface area contributed by atoms with Gasteiger partial charge in [0.15, 0.2) is 12.2 Å². The first-order chi connectivity index (χ1) is 48.7. The lowest BCUT2D eigenvalue weighted by atomic mass is 10.1. The van der Waals surface area contributed by atoms with Gasteiger partial charge in [-0.15, -0.1) is 0 Å². The van der Waals surface area contributed by atoms with Gasteiger partial charge in [-0.1, -0.05) is 287 Å². The molecule has 100 heavy (non-hydrogen) atoms. The molecule has 0 heterocycles. The van der Waals surface area contributed by atoms with Crippen molar-refractivity contribution >= 4 is 39.5 Å². The van der Waals surface area contributed by atoms with E-state index >= 15 is 0 Å². The molecule has 0 spiro atoms. The van der Waals surface area contributed by atoms with Gasteiger partial charge in [0, 0.05) is 25.7 Å². The lowest BCUT2D eigenvalue weighted by Crippen LogP contribution is -2.30. The van der Waals surface area contributed by atoms with Crippen LogP contribution in [0, 0.1) is 0 Å². The lowest BCUT2D eigenvalue weighted by molar-refractivity contribution is -0.161. The minimum absolute atomic E-state index is 0.0848. The van der Waals surface area contributed by atoms with Crippen LogP contribution in [0.15, 0.2) is 72.9 Å². The summed E-state index contributed by atoms with van der Waals surface area (Å²) in [6.45, 7) is 4.83. The van der Waals surface area contributed by atoms with Crippen LogP contribution in [0.3, 0.4) is 0 Å². The van der Waals surface area contributed by atoms with Crippen molar-refractivity contribution in [2.75, 3.05) is 39.6 Å². The maximum absolute atomic E-state index is 13.1. The molecule has 0 amide bonds. The number of unbranched alkanes of at least 4 members (excludes halogenated alkanes) is 38. The van der Waals surface area contributed by atoms with Gasteiger partial charge in [-0.05, 0) is 122 Å². The molecule has 5 unspecified atom stereocenters. The van der Waals surface area contributed by atoms with Crippen molar-refractivity contribution < 1.29 is 80.2 Å². The number of aliphatic hydroxyl groups is 1. The summed E-state index contributed by atoms with van der Waals surface area (Å²) in [4.78, 5) is 72.9. The highest BCUT2D eigenvalue weighted by molar-refractivity contribution is 7.47. The van der Waals surface area contributed by atoms with Crippen LogP contribution in [0.4, 0.5) is 0 Å². The predicted octanol–water partition coefficient (Wildman–Crippen LogP) is 23.2. The molecule has 5 atom stereocenters. The van der Waals surface area contributed by atoms with Gasteiger partial charge in [0.2, 0.25) is 0 Å². The van der Waals surface area contributed by atoms with Gasteiger partial charge in [-0.25, -0.2) is 9.13 Å². The third-order valence-electron chi connectivity index (χ3n) is 17.1. The third kappa shape index (κ3) is 72.8. The van der Waals surface area contributed by atoms with Gasteiger partial charge in [0.05, 0.1) is 26.4 Å². The van der Waals surface area contributed by atoms with E-state index in [1.165, 1.54) is 116 Å². The Morgan fingerprint density at radius 1 is 0.280 bits per heavy atom. The number of phosphoric ester groups is 2. The Balaban J connectivity index is 5.32. The Hall–Kier alpha value is -3.50. The van der Waals surface area contributed by atoms with Crippen LogP contribution in [0.5, 0.6) is 0 Å². The molecule has 0 aromatic heterocycles. The summed E-state index contributed by atoms with van der Waals surface area (Å²) in [6, 6.07) is 0. The van der Waals surface area contributed by atoms with E-state index in [0.29, 0.717) is 25.7 Å². The van der Waals surface area contributed by atoms with Gasteiger partial charge in [0.25, 0.3) is 0 Å². The molecule has 17 nitrogen and oxygen atoms in total. The maximum Gasteiger partial charge on any atom is 0.472 e. The zero-order valence-electron chi connectivity index (χ0n) is 63.6. The molecule has 19 heteroatoms. The fraction of sp³-hybridized carbons (Fsp3) is 0.802. The second kappa shape index (κ2) is 73.8. The number of phosphoric acid groups is 2. The normalized spacial score (nSPS) is 14.3. The van der Waals surface area contributed by atoms with Gasteiger partial charge in [-0.3, -0.25) is 37.3 Å². The molecule has 0 fully saturated rings. The van der Waals surface area contributed by atoms with Crippen molar-refractivity contribution in [2.24, 2.45) is 0 Å². The second-order valence-electron chi connectivity index (χ2n) is 27.0. The molecule has 3 N–H and O–H groups in total. The zero-order chi connectivity index (χ0) is 73.2. The number of hydrogen-bond acceptors (Lipinski definition) is 15. The molecule has 0 saturated carbocycles. The number of carbonyl (C=O) groups is 4. The summed E-state index contributed by atoms with van der Waals surface area (Å²) < 4.78 is 68.6. The van der Waals surface area contributed by atoms with E-state index < -0.39 is 97.5 Å². The lowest BCUT2D eigenvalue weighted by Gasteiger charge is -2.21. The molecule has 0 radical (unpaired) electrons. The van der Waals surface area contributed by atoms with Gasteiger partial charge < -0.3 is 33.8 Å². The third-order valence-corrected chi connectivity index (χ3v) is 19.0. The summed E-state index contributed by atoms with van der Waals surface area (Å²) >= 11 is 0. The fourth-order valence-corrected chi connectivity index (χ4v) is 12.5. The number of rotatable bonds is 76. The highest BCUT2D eigenvalue weighted by Gasteiger charge is 2.30. The van der Waals surface area contributed by atoms with Crippen molar-refractivity contribution in [3.63, 3.8) is 0 Å². The highest BCUT2D eigenvalue weighted by atomic mass is 31.2. The molecular weight excluding hydrogens is 1310 g/mol. The number of allylic oxidation sites excluding steroid dienone is 12. The SMILES string of the molecule is CCCCC/C=C\C/C=C\C/C=C\CCCCCCCCC(=O)OCC(COP(=O)(O)OCC(O)COP(=O)(O)OCC(COC(=O)CCCCCCC/C=C\C/C=C\CCCCC)OC(=O)CCCCCCCCCCCCC)OC(=O)CCCCCCC/C=C\CCCCCCCC. The number of carbonyl (C=O) groups excluding carboxylic acids is 4. The Morgan fingerprint density at radius 2 is 0.490 bits per heavy atom. The van der Waals surface area contributed by atoms with E-state index in [1.54, 1.807) is 0 Å². The molecule has 0 saturated heterocycles. The fourth-order valence-electron chi connectivity index (χ4n) is 11.0. The van der Waals surface area contributed by atoms with Crippen LogP contribution in [-0.4, -0.2) is 96.7 Å².